The molecule has 0 spiro atoms. The Morgan fingerprint density at radius 2 is 1.95 bits per heavy atom. The van der Waals surface area contributed by atoms with Crippen molar-refractivity contribution in [2.24, 2.45) is 0 Å². The number of nitrogens with one attached hydrogen (secondary N) is 2. The van der Waals surface area contributed by atoms with E-state index < -0.39 is 9.84 Å². The van der Waals surface area contributed by atoms with Gasteiger partial charge in [-0.3, -0.25) is 0 Å². The fraction of sp³-hybridized carbons (Fsp3) is 0.500. The number of urea groups is 1. The van der Waals surface area contributed by atoms with Crippen molar-refractivity contribution in [3.63, 3.8) is 0 Å². The number of rotatable bonds is 4. The molecular formula is C14H21N3O3S. The summed E-state index contributed by atoms with van der Waals surface area (Å²) < 4.78 is 22.6. The third-order valence-electron chi connectivity index (χ3n) is 3.47. The lowest BCUT2D eigenvalue weighted by atomic mass is 10.2. The van der Waals surface area contributed by atoms with Gasteiger partial charge in [-0.1, -0.05) is 12.1 Å². The molecule has 1 saturated heterocycles. The van der Waals surface area contributed by atoms with Crippen LogP contribution in [-0.4, -0.2) is 46.1 Å². The Hall–Kier alpha value is -1.76. The van der Waals surface area contributed by atoms with Crippen LogP contribution in [0.15, 0.2) is 24.3 Å². The lowest BCUT2D eigenvalue weighted by Gasteiger charge is -2.14. The van der Waals surface area contributed by atoms with Gasteiger partial charge in [-0.2, -0.15) is 0 Å². The van der Waals surface area contributed by atoms with E-state index >= 15 is 0 Å². The number of nitrogens with zero attached hydrogens (tertiary/aromatic N) is 1. The van der Waals surface area contributed by atoms with E-state index in [4.69, 9.17) is 0 Å². The lowest BCUT2D eigenvalue weighted by molar-refractivity contribution is 0.237. The van der Waals surface area contributed by atoms with Crippen molar-refractivity contribution >= 4 is 21.6 Å². The molecule has 1 heterocycles. The Kier molecular flexibility index (Phi) is 4.72. The molecule has 0 radical (unpaired) electrons. The summed E-state index contributed by atoms with van der Waals surface area (Å²) in [6.07, 6.45) is 0.493. The van der Waals surface area contributed by atoms with Gasteiger partial charge in [0.15, 0.2) is 9.84 Å². The van der Waals surface area contributed by atoms with Gasteiger partial charge in [0.05, 0.1) is 11.5 Å². The van der Waals surface area contributed by atoms with Crippen LogP contribution in [0.1, 0.15) is 12.0 Å². The van der Waals surface area contributed by atoms with Gasteiger partial charge in [-0.25, -0.2) is 13.2 Å². The Labute approximate surface area is 125 Å². The highest BCUT2D eigenvalue weighted by molar-refractivity contribution is 7.91. The molecule has 1 fully saturated rings. The number of anilines is 1. The molecule has 1 aromatic carbocycles. The largest absolute Gasteiger partial charge is 0.378 e. The number of hydrogen-bond acceptors (Lipinski definition) is 4. The zero-order chi connectivity index (χ0) is 15.5. The normalized spacial score (nSPS) is 20.0. The molecule has 1 aliphatic rings. The maximum absolute atomic E-state index is 11.7. The Balaban J connectivity index is 1.79. The van der Waals surface area contributed by atoms with Crippen molar-refractivity contribution in [3.8, 4) is 0 Å². The van der Waals surface area contributed by atoms with Gasteiger partial charge in [0.1, 0.15) is 0 Å². The van der Waals surface area contributed by atoms with Crippen LogP contribution in [0.25, 0.3) is 0 Å². The Morgan fingerprint density at radius 1 is 1.29 bits per heavy atom. The molecule has 1 atom stereocenters. The molecule has 2 N–H and O–H groups in total. The molecule has 116 valence electrons. The zero-order valence-electron chi connectivity index (χ0n) is 12.3. The predicted octanol–water partition coefficient (Wildman–Crippen LogP) is 0.739. The van der Waals surface area contributed by atoms with Crippen molar-refractivity contribution in [3.05, 3.63) is 29.8 Å². The van der Waals surface area contributed by atoms with Crippen LogP contribution in [0.2, 0.25) is 0 Å². The van der Waals surface area contributed by atoms with Gasteiger partial charge in [-0.15, -0.1) is 0 Å². The van der Waals surface area contributed by atoms with Gasteiger partial charge in [0.2, 0.25) is 0 Å². The minimum Gasteiger partial charge on any atom is -0.378 e. The first-order chi connectivity index (χ1) is 9.85. The molecule has 21 heavy (non-hydrogen) atoms. The molecule has 0 aromatic heterocycles. The Bertz CT molecular complexity index is 596. The number of hydrogen-bond donors (Lipinski definition) is 2. The van der Waals surface area contributed by atoms with Crippen LogP contribution in [-0.2, 0) is 16.4 Å². The van der Waals surface area contributed by atoms with Crippen molar-refractivity contribution in [1.29, 1.82) is 0 Å². The maximum atomic E-state index is 11.7. The van der Waals surface area contributed by atoms with Crippen LogP contribution < -0.4 is 15.5 Å². The summed E-state index contributed by atoms with van der Waals surface area (Å²) in [5.41, 5.74) is 2.09. The van der Waals surface area contributed by atoms with E-state index in [0.29, 0.717) is 13.0 Å². The minimum absolute atomic E-state index is 0.0396. The summed E-state index contributed by atoms with van der Waals surface area (Å²) in [5.74, 6) is 0.196. The molecule has 1 aromatic rings. The number of benzene rings is 1. The standard InChI is InChI=1S/C14H21N3O3S/c1-17(2)13-5-3-11(4-6-13)9-15-14(18)16-12-7-8-21(19,20)10-12/h3-6,12H,7-10H2,1-2H3,(H2,15,16,18). The van der Waals surface area contributed by atoms with Crippen molar-refractivity contribution in [2.75, 3.05) is 30.5 Å². The van der Waals surface area contributed by atoms with E-state index in [9.17, 15) is 13.2 Å². The van der Waals surface area contributed by atoms with Crippen molar-refractivity contribution < 1.29 is 13.2 Å². The zero-order valence-corrected chi connectivity index (χ0v) is 13.1. The van der Waals surface area contributed by atoms with Crippen LogP contribution in [0, 0.1) is 0 Å². The van der Waals surface area contributed by atoms with E-state index in [1.165, 1.54) is 0 Å². The first kappa shape index (κ1) is 15.6. The van der Waals surface area contributed by atoms with Gasteiger partial charge in [0.25, 0.3) is 0 Å². The first-order valence-corrected chi connectivity index (χ1v) is 8.69. The summed E-state index contributed by atoms with van der Waals surface area (Å²) in [5, 5.41) is 5.44. The molecule has 7 heteroatoms. The van der Waals surface area contributed by atoms with Gasteiger partial charge in [-0.05, 0) is 24.1 Å². The van der Waals surface area contributed by atoms with Crippen LogP contribution >= 0.6 is 0 Å². The number of carbonyl (C=O) groups is 1. The molecule has 0 bridgehead atoms. The van der Waals surface area contributed by atoms with Gasteiger partial charge >= 0.3 is 6.03 Å². The summed E-state index contributed by atoms with van der Waals surface area (Å²) in [6.45, 7) is 0.416. The highest BCUT2D eigenvalue weighted by Crippen LogP contribution is 2.12. The van der Waals surface area contributed by atoms with E-state index in [2.05, 4.69) is 10.6 Å². The third-order valence-corrected chi connectivity index (χ3v) is 5.24. The molecule has 2 rings (SSSR count). The third kappa shape index (κ3) is 4.63. The highest BCUT2D eigenvalue weighted by atomic mass is 32.2. The average Bonchev–Trinajstić information content (AvgIpc) is 2.76. The fourth-order valence-corrected chi connectivity index (χ4v) is 3.91. The number of carbonyl (C=O) groups excluding carboxylic acids is 1. The second kappa shape index (κ2) is 6.34. The maximum Gasteiger partial charge on any atom is 0.315 e. The van der Waals surface area contributed by atoms with Crippen LogP contribution in [0.4, 0.5) is 10.5 Å². The molecule has 1 aliphatic heterocycles. The lowest BCUT2D eigenvalue weighted by Crippen LogP contribution is -2.42. The molecule has 2 amide bonds. The van der Waals surface area contributed by atoms with E-state index in [1.807, 2.05) is 43.3 Å². The molecule has 0 saturated carbocycles. The number of amides is 2. The van der Waals surface area contributed by atoms with E-state index in [0.717, 1.165) is 11.3 Å². The van der Waals surface area contributed by atoms with Gasteiger partial charge in [0, 0.05) is 32.4 Å². The molecule has 0 aliphatic carbocycles. The van der Waals surface area contributed by atoms with Crippen LogP contribution in [0.5, 0.6) is 0 Å². The number of sulfone groups is 1. The Morgan fingerprint density at radius 3 is 2.48 bits per heavy atom. The monoisotopic (exact) mass is 311 g/mol. The van der Waals surface area contributed by atoms with E-state index in [1.54, 1.807) is 0 Å². The first-order valence-electron chi connectivity index (χ1n) is 6.87. The van der Waals surface area contributed by atoms with Gasteiger partial charge < -0.3 is 15.5 Å². The predicted molar refractivity (Wildman–Crippen MR) is 83.2 cm³/mol. The second-order valence-corrected chi connectivity index (χ2v) is 7.72. The summed E-state index contributed by atoms with van der Waals surface area (Å²) >= 11 is 0. The second-order valence-electron chi connectivity index (χ2n) is 5.49. The topological polar surface area (TPSA) is 78.5 Å². The van der Waals surface area contributed by atoms with E-state index in [-0.39, 0.29) is 23.6 Å². The molecule has 6 nitrogen and oxygen atoms in total. The molecule has 1 unspecified atom stereocenters. The fourth-order valence-electron chi connectivity index (χ4n) is 2.24. The quantitative estimate of drug-likeness (QED) is 0.859. The highest BCUT2D eigenvalue weighted by Gasteiger charge is 2.28. The molecular weight excluding hydrogens is 290 g/mol. The average molecular weight is 311 g/mol. The smallest absolute Gasteiger partial charge is 0.315 e. The minimum atomic E-state index is -2.97. The van der Waals surface area contributed by atoms with Crippen molar-refractivity contribution in [1.82, 2.24) is 10.6 Å². The summed E-state index contributed by atoms with van der Waals surface area (Å²) in [7, 11) is 0.969. The SMILES string of the molecule is CN(C)c1ccc(CNC(=O)NC2CCS(=O)(=O)C2)cc1. The summed E-state index contributed by atoms with van der Waals surface area (Å²) in [4.78, 5) is 13.7. The summed E-state index contributed by atoms with van der Waals surface area (Å²) in [6, 6.07) is 7.28. The van der Waals surface area contributed by atoms with Crippen molar-refractivity contribution in [2.45, 2.75) is 19.0 Å². The van der Waals surface area contributed by atoms with Crippen LogP contribution in [0.3, 0.4) is 0 Å².